The maximum Gasteiger partial charge on any atom is 0.231 e. The molecule has 0 saturated carbocycles. The lowest BCUT2D eigenvalue weighted by Crippen LogP contribution is -2.35. The van der Waals surface area contributed by atoms with Gasteiger partial charge in [0.25, 0.3) is 0 Å². The van der Waals surface area contributed by atoms with Gasteiger partial charge in [0.15, 0.2) is 5.82 Å². The molecule has 0 radical (unpaired) electrons. The molecule has 1 aliphatic rings. The van der Waals surface area contributed by atoms with Crippen molar-refractivity contribution in [2.45, 2.75) is 18.8 Å². The SMILES string of the molecule is Nc1ncnc(N2CCCC(c3nc(-c4cccc(F)c4)no3)C2)c1Cl. The lowest BCUT2D eigenvalue weighted by atomic mass is 9.98. The molecule has 4 rings (SSSR count). The normalized spacial score (nSPS) is 17.5. The number of benzene rings is 1. The zero-order chi connectivity index (χ0) is 18.1. The molecule has 9 heteroatoms. The van der Waals surface area contributed by atoms with Gasteiger partial charge in [0.05, 0.1) is 5.92 Å². The molecule has 1 fully saturated rings. The number of rotatable bonds is 3. The molecule has 1 saturated heterocycles. The molecule has 134 valence electrons. The topological polar surface area (TPSA) is 94.0 Å². The third-order valence-corrected chi connectivity index (χ3v) is 4.76. The quantitative estimate of drug-likeness (QED) is 0.751. The molecule has 3 heterocycles. The summed E-state index contributed by atoms with van der Waals surface area (Å²) in [5.74, 6) is 1.45. The molecule has 0 amide bonds. The minimum atomic E-state index is -0.339. The Balaban J connectivity index is 1.56. The number of nitrogens with two attached hydrogens (primary N) is 1. The van der Waals surface area contributed by atoms with Crippen molar-refractivity contribution in [2.75, 3.05) is 23.7 Å². The van der Waals surface area contributed by atoms with Crippen LogP contribution >= 0.6 is 11.6 Å². The molecular formula is C17H16ClFN6O. The Bertz CT molecular complexity index is 933. The van der Waals surface area contributed by atoms with E-state index in [0.717, 1.165) is 19.4 Å². The Labute approximate surface area is 154 Å². The van der Waals surface area contributed by atoms with E-state index in [0.29, 0.717) is 34.7 Å². The van der Waals surface area contributed by atoms with Gasteiger partial charge in [-0.3, -0.25) is 0 Å². The van der Waals surface area contributed by atoms with E-state index in [2.05, 4.69) is 20.1 Å². The Morgan fingerprint density at radius 1 is 1.31 bits per heavy atom. The molecule has 26 heavy (non-hydrogen) atoms. The van der Waals surface area contributed by atoms with Crippen molar-refractivity contribution >= 4 is 23.2 Å². The number of nitrogens with zero attached hydrogens (tertiary/aromatic N) is 5. The summed E-state index contributed by atoms with van der Waals surface area (Å²) in [6.07, 6.45) is 3.22. The van der Waals surface area contributed by atoms with Crippen LogP contribution in [0.1, 0.15) is 24.7 Å². The molecule has 1 aromatic carbocycles. The summed E-state index contributed by atoms with van der Waals surface area (Å²) in [6, 6.07) is 6.12. The number of hydrogen-bond acceptors (Lipinski definition) is 7. The molecule has 1 unspecified atom stereocenters. The Hall–Kier alpha value is -2.74. The number of nitrogen functional groups attached to an aromatic ring is 1. The second-order valence-corrected chi connectivity index (χ2v) is 6.53. The van der Waals surface area contributed by atoms with Crippen molar-refractivity contribution in [3.63, 3.8) is 0 Å². The van der Waals surface area contributed by atoms with Gasteiger partial charge in [-0.1, -0.05) is 28.9 Å². The molecule has 1 aliphatic heterocycles. The van der Waals surface area contributed by atoms with Gasteiger partial charge in [0, 0.05) is 18.7 Å². The highest BCUT2D eigenvalue weighted by molar-refractivity contribution is 6.35. The van der Waals surface area contributed by atoms with E-state index in [9.17, 15) is 4.39 Å². The van der Waals surface area contributed by atoms with Gasteiger partial charge in [-0.25, -0.2) is 14.4 Å². The van der Waals surface area contributed by atoms with Gasteiger partial charge in [0.1, 0.15) is 23.0 Å². The summed E-state index contributed by atoms with van der Waals surface area (Å²) in [4.78, 5) is 14.6. The predicted molar refractivity (Wildman–Crippen MR) is 95.3 cm³/mol. The highest BCUT2D eigenvalue weighted by Crippen LogP contribution is 2.33. The van der Waals surface area contributed by atoms with Crippen LogP contribution in [0.15, 0.2) is 35.1 Å². The monoisotopic (exact) mass is 374 g/mol. The second kappa shape index (κ2) is 6.87. The third kappa shape index (κ3) is 3.20. The van der Waals surface area contributed by atoms with Gasteiger partial charge in [-0.05, 0) is 25.0 Å². The lowest BCUT2D eigenvalue weighted by Gasteiger charge is -2.32. The first kappa shape index (κ1) is 16.7. The zero-order valence-corrected chi connectivity index (χ0v) is 14.5. The molecule has 3 aromatic rings. The molecule has 2 aromatic heterocycles. The van der Waals surface area contributed by atoms with Crippen LogP contribution in [0.2, 0.25) is 5.02 Å². The molecule has 0 aliphatic carbocycles. The summed E-state index contributed by atoms with van der Waals surface area (Å²) >= 11 is 6.24. The van der Waals surface area contributed by atoms with E-state index < -0.39 is 0 Å². The first-order valence-electron chi connectivity index (χ1n) is 8.22. The maximum absolute atomic E-state index is 13.4. The first-order chi connectivity index (χ1) is 12.6. The number of hydrogen-bond donors (Lipinski definition) is 1. The molecular weight excluding hydrogens is 359 g/mol. The van der Waals surface area contributed by atoms with Crippen molar-refractivity contribution in [1.29, 1.82) is 0 Å². The Kier molecular flexibility index (Phi) is 4.42. The largest absolute Gasteiger partial charge is 0.382 e. The van der Waals surface area contributed by atoms with Crippen molar-refractivity contribution in [3.8, 4) is 11.4 Å². The fraction of sp³-hybridized carbons (Fsp3) is 0.294. The van der Waals surface area contributed by atoms with Gasteiger partial charge in [-0.15, -0.1) is 0 Å². The van der Waals surface area contributed by atoms with Crippen LogP contribution in [0.4, 0.5) is 16.0 Å². The standard InChI is InChI=1S/C17H16ClFN6O/c18-13-14(20)21-9-22-16(13)25-6-2-4-11(8-25)17-23-15(24-26-17)10-3-1-5-12(19)7-10/h1,3,5,7,9,11H,2,4,6,8H2,(H2,20,21,22). The average molecular weight is 375 g/mol. The van der Waals surface area contributed by atoms with Gasteiger partial charge < -0.3 is 15.2 Å². The van der Waals surface area contributed by atoms with Crippen LogP contribution < -0.4 is 10.6 Å². The highest BCUT2D eigenvalue weighted by Gasteiger charge is 2.28. The molecule has 1 atom stereocenters. The second-order valence-electron chi connectivity index (χ2n) is 6.15. The molecule has 0 bridgehead atoms. The number of piperidine rings is 1. The lowest BCUT2D eigenvalue weighted by molar-refractivity contribution is 0.333. The van der Waals surface area contributed by atoms with Crippen LogP contribution in [0.5, 0.6) is 0 Å². The van der Waals surface area contributed by atoms with Gasteiger partial charge in [-0.2, -0.15) is 4.98 Å². The van der Waals surface area contributed by atoms with Gasteiger partial charge >= 0.3 is 0 Å². The van der Waals surface area contributed by atoms with Gasteiger partial charge in [0.2, 0.25) is 11.7 Å². The van der Waals surface area contributed by atoms with Crippen LogP contribution in [-0.2, 0) is 0 Å². The predicted octanol–water partition coefficient (Wildman–Crippen LogP) is 3.29. The van der Waals surface area contributed by atoms with E-state index in [1.807, 2.05) is 4.90 Å². The van der Waals surface area contributed by atoms with Crippen molar-refractivity contribution < 1.29 is 8.91 Å². The third-order valence-electron chi connectivity index (χ3n) is 4.39. The Morgan fingerprint density at radius 2 is 2.19 bits per heavy atom. The fourth-order valence-electron chi connectivity index (χ4n) is 3.11. The number of aromatic nitrogens is 4. The Morgan fingerprint density at radius 3 is 3.04 bits per heavy atom. The van der Waals surface area contributed by atoms with Crippen LogP contribution in [-0.4, -0.2) is 33.2 Å². The van der Waals surface area contributed by atoms with Crippen LogP contribution in [0.25, 0.3) is 11.4 Å². The van der Waals surface area contributed by atoms with Crippen LogP contribution in [0, 0.1) is 5.82 Å². The minimum Gasteiger partial charge on any atom is -0.382 e. The molecule has 0 spiro atoms. The average Bonchev–Trinajstić information content (AvgIpc) is 3.14. The minimum absolute atomic E-state index is 0.0332. The summed E-state index contributed by atoms with van der Waals surface area (Å²) in [7, 11) is 0. The first-order valence-corrected chi connectivity index (χ1v) is 8.60. The summed E-state index contributed by atoms with van der Waals surface area (Å²) in [5, 5.41) is 4.34. The van der Waals surface area contributed by atoms with E-state index in [1.165, 1.54) is 18.5 Å². The number of halogens is 2. The highest BCUT2D eigenvalue weighted by atomic mass is 35.5. The smallest absolute Gasteiger partial charge is 0.231 e. The van der Waals surface area contributed by atoms with Crippen molar-refractivity contribution in [2.24, 2.45) is 0 Å². The summed E-state index contributed by atoms with van der Waals surface area (Å²) < 4.78 is 18.8. The molecule has 2 N–H and O–H groups in total. The maximum atomic E-state index is 13.4. The zero-order valence-electron chi connectivity index (χ0n) is 13.8. The molecule has 7 nitrogen and oxygen atoms in total. The van der Waals surface area contributed by atoms with E-state index in [-0.39, 0.29) is 17.6 Å². The number of anilines is 2. The van der Waals surface area contributed by atoms with E-state index >= 15 is 0 Å². The van der Waals surface area contributed by atoms with E-state index in [4.69, 9.17) is 21.9 Å². The van der Waals surface area contributed by atoms with Crippen molar-refractivity contribution in [3.05, 3.63) is 47.3 Å². The summed E-state index contributed by atoms with van der Waals surface area (Å²) in [5.41, 5.74) is 6.35. The van der Waals surface area contributed by atoms with Crippen molar-refractivity contribution in [1.82, 2.24) is 20.1 Å². The van der Waals surface area contributed by atoms with Crippen LogP contribution in [0.3, 0.4) is 0 Å². The van der Waals surface area contributed by atoms with E-state index in [1.54, 1.807) is 12.1 Å². The summed E-state index contributed by atoms with van der Waals surface area (Å²) in [6.45, 7) is 1.43. The fourth-order valence-corrected chi connectivity index (χ4v) is 3.33.